The van der Waals surface area contributed by atoms with Crippen molar-refractivity contribution < 1.29 is 9.90 Å². The zero-order valence-electron chi connectivity index (χ0n) is 9.03. The molecule has 1 aromatic rings. The van der Waals surface area contributed by atoms with Crippen LogP contribution in [-0.4, -0.2) is 27.7 Å². The van der Waals surface area contributed by atoms with Crippen LogP contribution in [0.25, 0.3) is 0 Å². The Hall–Kier alpha value is -0.880. The smallest absolute Gasteiger partial charge is 0.328 e. The van der Waals surface area contributed by atoms with Crippen LogP contribution in [0.2, 0.25) is 0 Å². The average molecular weight is 288 g/mol. The Morgan fingerprint density at radius 1 is 1.62 bits per heavy atom. The molecular formula is C10H14BrN3O2. The Labute approximate surface area is 102 Å². The number of rotatable bonds is 3. The molecule has 6 heteroatoms. The second-order valence-electron chi connectivity index (χ2n) is 3.88. The van der Waals surface area contributed by atoms with Gasteiger partial charge in [-0.05, 0) is 42.2 Å². The summed E-state index contributed by atoms with van der Waals surface area (Å²) in [5, 5.41) is 11.9. The van der Waals surface area contributed by atoms with Crippen molar-refractivity contribution in [2.24, 2.45) is 0 Å². The summed E-state index contributed by atoms with van der Waals surface area (Å²) in [4.78, 5) is 15.4. The number of nitrogens with one attached hydrogen (secondary N) is 1. The monoisotopic (exact) mass is 287 g/mol. The lowest BCUT2D eigenvalue weighted by molar-refractivity contribution is -0.139. The van der Waals surface area contributed by atoms with Gasteiger partial charge in [0.1, 0.15) is 10.4 Å². The number of carboxylic acid groups (broad SMARTS) is 1. The fourth-order valence-corrected chi connectivity index (χ4v) is 2.70. The van der Waals surface area contributed by atoms with E-state index < -0.39 is 12.0 Å². The molecule has 0 spiro atoms. The topological polar surface area (TPSA) is 67.2 Å². The van der Waals surface area contributed by atoms with Crippen LogP contribution in [-0.2, 0) is 17.8 Å². The molecule has 1 atom stereocenters. The molecule has 0 radical (unpaired) electrons. The first-order chi connectivity index (χ1) is 7.65. The van der Waals surface area contributed by atoms with E-state index in [2.05, 4.69) is 26.2 Å². The average Bonchev–Trinajstić information content (AvgIpc) is 2.58. The second kappa shape index (κ2) is 4.55. The number of aliphatic carboxylic acids is 1. The summed E-state index contributed by atoms with van der Waals surface area (Å²) in [6.45, 7) is 0.856. The van der Waals surface area contributed by atoms with Gasteiger partial charge < -0.3 is 15.0 Å². The number of carboxylic acids is 1. The number of hydrogen-bond donors (Lipinski definition) is 2. The summed E-state index contributed by atoms with van der Waals surface area (Å²) < 4.78 is 2.80. The molecule has 1 aliphatic rings. The fraction of sp³-hybridized carbons (Fsp3) is 0.600. The van der Waals surface area contributed by atoms with Crippen LogP contribution in [0.4, 0.5) is 0 Å². The van der Waals surface area contributed by atoms with Gasteiger partial charge >= 0.3 is 5.97 Å². The van der Waals surface area contributed by atoms with Gasteiger partial charge in [0.15, 0.2) is 6.04 Å². The highest BCUT2D eigenvalue weighted by Gasteiger charge is 2.27. The zero-order valence-corrected chi connectivity index (χ0v) is 10.6. The van der Waals surface area contributed by atoms with Crippen LogP contribution in [0, 0.1) is 0 Å². The molecule has 1 aromatic heterocycles. The standard InChI is InChI=1S/C10H14BrN3O2/c1-12-7(10(15)16)9-13-8(11)6-4-2-3-5-14(6)9/h7,12H,2-5H2,1H3,(H,15,16). The number of halogens is 1. The lowest BCUT2D eigenvalue weighted by Gasteiger charge is -2.19. The highest BCUT2D eigenvalue weighted by Crippen LogP contribution is 2.27. The second-order valence-corrected chi connectivity index (χ2v) is 4.63. The molecular weight excluding hydrogens is 274 g/mol. The number of carbonyl (C=O) groups is 1. The van der Waals surface area contributed by atoms with Gasteiger partial charge in [0.05, 0.1) is 5.69 Å². The minimum Gasteiger partial charge on any atom is -0.480 e. The highest BCUT2D eigenvalue weighted by molar-refractivity contribution is 9.10. The van der Waals surface area contributed by atoms with Crippen molar-refractivity contribution in [1.29, 1.82) is 0 Å². The zero-order chi connectivity index (χ0) is 11.7. The van der Waals surface area contributed by atoms with Gasteiger partial charge in [0.2, 0.25) is 0 Å². The first kappa shape index (κ1) is 11.6. The Morgan fingerprint density at radius 2 is 2.38 bits per heavy atom. The van der Waals surface area contributed by atoms with Gasteiger partial charge in [-0.25, -0.2) is 4.98 Å². The molecule has 16 heavy (non-hydrogen) atoms. The first-order valence-electron chi connectivity index (χ1n) is 5.30. The van der Waals surface area contributed by atoms with Gasteiger partial charge in [-0.2, -0.15) is 0 Å². The van der Waals surface area contributed by atoms with Crippen molar-refractivity contribution >= 4 is 21.9 Å². The van der Waals surface area contributed by atoms with Gasteiger partial charge in [-0.15, -0.1) is 0 Å². The van der Waals surface area contributed by atoms with Crippen LogP contribution >= 0.6 is 15.9 Å². The summed E-state index contributed by atoms with van der Waals surface area (Å²) in [5.41, 5.74) is 1.11. The predicted octanol–water partition coefficient (Wildman–Crippen LogP) is 1.33. The molecule has 0 aromatic carbocycles. The largest absolute Gasteiger partial charge is 0.480 e. The Bertz CT molecular complexity index is 416. The summed E-state index contributed by atoms with van der Waals surface area (Å²) in [6, 6.07) is -0.733. The van der Waals surface area contributed by atoms with Gasteiger partial charge in [-0.1, -0.05) is 0 Å². The molecule has 0 aliphatic carbocycles. The van der Waals surface area contributed by atoms with E-state index in [1.165, 1.54) is 0 Å². The Morgan fingerprint density at radius 3 is 3.00 bits per heavy atom. The number of imidazole rings is 1. The molecule has 0 amide bonds. The van der Waals surface area contributed by atoms with Gasteiger partial charge in [-0.3, -0.25) is 4.79 Å². The van der Waals surface area contributed by atoms with Crippen LogP contribution < -0.4 is 5.32 Å². The van der Waals surface area contributed by atoms with Crippen molar-refractivity contribution in [2.45, 2.75) is 31.8 Å². The Kier molecular flexibility index (Phi) is 3.30. The first-order valence-corrected chi connectivity index (χ1v) is 6.09. The van der Waals surface area contributed by atoms with E-state index in [1.54, 1.807) is 7.05 Å². The van der Waals surface area contributed by atoms with Crippen molar-refractivity contribution in [3.8, 4) is 0 Å². The van der Waals surface area contributed by atoms with Crippen LogP contribution in [0.1, 0.15) is 30.4 Å². The molecule has 1 unspecified atom stereocenters. The molecule has 2 N–H and O–H groups in total. The molecule has 0 saturated heterocycles. The van der Waals surface area contributed by atoms with Gasteiger partial charge in [0.25, 0.3) is 0 Å². The van der Waals surface area contributed by atoms with E-state index in [9.17, 15) is 4.79 Å². The highest BCUT2D eigenvalue weighted by atomic mass is 79.9. The SMILES string of the molecule is CNC(C(=O)O)c1nc(Br)c2n1CCCC2. The molecule has 88 valence electrons. The maximum absolute atomic E-state index is 11.1. The van der Waals surface area contributed by atoms with E-state index in [-0.39, 0.29) is 0 Å². The summed E-state index contributed by atoms with van der Waals surface area (Å²) in [5.74, 6) is -0.301. The molecule has 0 bridgehead atoms. The number of likely N-dealkylation sites (N-methyl/N-ethyl adjacent to an activating group) is 1. The maximum atomic E-state index is 11.1. The summed E-state index contributed by atoms with van der Waals surface area (Å²) in [6.07, 6.45) is 3.18. The molecule has 5 nitrogen and oxygen atoms in total. The molecule has 2 heterocycles. The van der Waals surface area contributed by atoms with Crippen LogP contribution in [0.3, 0.4) is 0 Å². The molecule has 2 rings (SSSR count). The number of fused-ring (bicyclic) bond motifs is 1. The third-order valence-electron chi connectivity index (χ3n) is 2.89. The van der Waals surface area contributed by atoms with Crippen molar-refractivity contribution in [3.63, 3.8) is 0 Å². The lowest BCUT2D eigenvalue weighted by atomic mass is 10.1. The quantitative estimate of drug-likeness (QED) is 0.880. The summed E-state index contributed by atoms with van der Waals surface area (Å²) >= 11 is 3.40. The number of aromatic nitrogens is 2. The third kappa shape index (κ3) is 1.87. The third-order valence-corrected chi connectivity index (χ3v) is 3.53. The Balaban J connectivity index is 2.44. The van der Waals surface area contributed by atoms with E-state index in [4.69, 9.17) is 5.11 Å². The van der Waals surface area contributed by atoms with E-state index in [1.807, 2.05) is 4.57 Å². The summed E-state index contributed by atoms with van der Waals surface area (Å²) in [7, 11) is 1.64. The number of nitrogens with zero attached hydrogens (tertiary/aromatic N) is 2. The van der Waals surface area contributed by atoms with Crippen molar-refractivity contribution in [1.82, 2.24) is 14.9 Å². The lowest BCUT2D eigenvalue weighted by Crippen LogP contribution is -2.29. The van der Waals surface area contributed by atoms with Crippen LogP contribution in [0.5, 0.6) is 0 Å². The molecule has 0 saturated carbocycles. The van der Waals surface area contributed by atoms with Crippen LogP contribution in [0.15, 0.2) is 4.60 Å². The van der Waals surface area contributed by atoms with E-state index in [0.717, 1.165) is 36.1 Å². The molecule has 0 fully saturated rings. The van der Waals surface area contributed by atoms with Crippen molar-refractivity contribution in [2.75, 3.05) is 7.05 Å². The van der Waals surface area contributed by atoms with E-state index >= 15 is 0 Å². The maximum Gasteiger partial charge on any atom is 0.328 e. The molecule has 1 aliphatic heterocycles. The van der Waals surface area contributed by atoms with Gasteiger partial charge in [0, 0.05) is 6.54 Å². The van der Waals surface area contributed by atoms with Crippen molar-refractivity contribution in [3.05, 3.63) is 16.1 Å². The fourth-order valence-electron chi connectivity index (χ4n) is 2.11. The predicted molar refractivity (Wildman–Crippen MR) is 62.3 cm³/mol. The normalized spacial score (nSPS) is 16.9. The van der Waals surface area contributed by atoms with E-state index in [0.29, 0.717) is 5.82 Å². The minimum atomic E-state index is -0.895. The minimum absolute atomic E-state index is 0.594. The number of hydrogen-bond acceptors (Lipinski definition) is 3.